The van der Waals surface area contributed by atoms with Crippen LogP contribution < -0.4 is 17.1 Å². The van der Waals surface area contributed by atoms with Gasteiger partial charge in [0.1, 0.15) is 5.69 Å². The van der Waals surface area contributed by atoms with Crippen molar-refractivity contribution in [1.82, 2.24) is 23.7 Å². The number of aromatic amines is 1. The Morgan fingerprint density at radius 3 is 2.73 bits per heavy atom. The number of nitrogens with one attached hydrogen (secondary N) is 1. The minimum absolute atomic E-state index is 0.320. The Kier molecular flexibility index (Phi) is 2.64. The maximum atomic E-state index is 12.2. The van der Waals surface area contributed by atoms with E-state index in [0.717, 1.165) is 28.7 Å². The molecule has 0 aliphatic heterocycles. The molecule has 0 amide bonds. The summed E-state index contributed by atoms with van der Waals surface area (Å²) >= 11 is 0. The van der Waals surface area contributed by atoms with Gasteiger partial charge in [-0.05, 0) is 30.4 Å². The average Bonchev–Trinajstić information content (AvgIpc) is 3.23. The van der Waals surface area contributed by atoms with Gasteiger partial charge in [-0.1, -0.05) is 0 Å². The summed E-state index contributed by atoms with van der Waals surface area (Å²) in [6.45, 7) is 0.320. The first-order valence-electron chi connectivity index (χ1n) is 7.18. The second kappa shape index (κ2) is 4.44. The van der Waals surface area contributed by atoms with Crippen molar-refractivity contribution in [2.75, 3.05) is 0 Å². The van der Waals surface area contributed by atoms with E-state index in [4.69, 9.17) is 5.73 Å². The smallest absolute Gasteiger partial charge is 0.325 e. The molecular weight excluding hydrogens is 284 g/mol. The van der Waals surface area contributed by atoms with Crippen molar-refractivity contribution in [1.29, 1.82) is 0 Å². The van der Waals surface area contributed by atoms with E-state index in [9.17, 15) is 9.59 Å². The van der Waals surface area contributed by atoms with Crippen molar-refractivity contribution in [3.63, 3.8) is 0 Å². The van der Waals surface area contributed by atoms with Crippen LogP contribution in [-0.4, -0.2) is 23.7 Å². The zero-order chi connectivity index (χ0) is 15.4. The topological polar surface area (TPSA) is 103 Å². The molecule has 0 aromatic carbocycles. The first-order valence-corrected chi connectivity index (χ1v) is 7.18. The molecule has 0 saturated heterocycles. The van der Waals surface area contributed by atoms with Crippen LogP contribution in [0, 0.1) is 0 Å². The average molecular weight is 300 g/mol. The fourth-order valence-corrected chi connectivity index (χ4v) is 2.67. The lowest BCUT2D eigenvalue weighted by Crippen LogP contribution is -2.25. The third-order valence-electron chi connectivity index (χ3n) is 4.09. The number of hydrogen-bond donors (Lipinski definition) is 2. The Morgan fingerprint density at radius 2 is 2.14 bits per heavy atom. The van der Waals surface area contributed by atoms with Gasteiger partial charge in [-0.3, -0.25) is 0 Å². The molecule has 4 rings (SSSR count). The number of aromatic nitrogens is 5. The van der Waals surface area contributed by atoms with E-state index in [1.165, 1.54) is 11.7 Å². The van der Waals surface area contributed by atoms with Crippen molar-refractivity contribution in [2.24, 2.45) is 12.8 Å². The molecule has 3 aromatic rings. The zero-order valence-corrected chi connectivity index (χ0v) is 12.1. The molecule has 0 radical (unpaired) electrons. The molecule has 0 atom stereocenters. The van der Waals surface area contributed by atoms with Crippen molar-refractivity contribution in [3.05, 3.63) is 50.7 Å². The molecule has 1 saturated carbocycles. The van der Waals surface area contributed by atoms with Gasteiger partial charge in [0.25, 0.3) is 0 Å². The lowest BCUT2D eigenvalue weighted by molar-refractivity contribution is 0.793. The summed E-state index contributed by atoms with van der Waals surface area (Å²) in [7, 11) is 1.44. The van der Waals surface area contributed by atoms with Crippen LogP contribution in [0.15, 0.2) is 28.0 Å². The Balaban J connectivity index is 2.05. The highest BCUT2D eigenvalue weighted by atomic mass is 16.2. The third-order valence-corrected chi connectivity index (χ3v) is 4.09. The number of H-pyrrole nitrogens is 1. The molecule has 0 unspecified atom stereocenters. The van der Waals surface area contributed by atoms with Crippen LogP contribution in [0.4, 0.5) is 0 Å². The number of hydrogen-bond acceptors (Lipinski definition) is 4. The molecule has 8 heteroatoms. The summed E-state index contributed by atoms with van der Waals surface area (Å²) in [6.07, 6.45) is 6.17. The van der Waals surface area contributed by atoms with E-state index < -0.39 is 11.4 Å². The predicted molar refractivity (Wildman–Crippen MR) is 80.2 cm³/mol. The van der Waals surface area contributed by atoms with Gasteiger partial charge < -0.3 is 10.1 Å². The second-order valence-electron chi connectivity index (χ2n) is 5.69. The fraction of sp³-hybridized carbons (Fsp3) is 0.357. The fourth-order valence-electron chi connectivity index (χ4n) is 2.67. The molecule has 114 valence electrons. The van der Waals surface area contributed by atoms with E-state index in [2.05, 4.69) is 10.1 Å². The highest BCUT2D eigenvalue weighted by Gasteiger charge is 2.26. The molecule has 3 aromatic heterocycles. The Bertz CT molecular complexity index is 985. The van der Waals surface area contributed by atoms with Gasteiger partial charge in [0.15, 0.2) is 5.65 Å². The molecule has 0 spiro atoms. The van der Waals surface area contributed by atoms with Gasteiger partial charge in [-0.15, -0.1) is 0 Å². The minimum atomic E-state index is -0.453. The number of rotatable bonds is 3. The summed E-state index contributed by atoms with van der Waals surface area (Å²) in [5.41, 5.74) is 7.85. The summed E-state index contributed by atoms with van der Waals surface area (Å²) in [4.78, 5) is 28.4. The number of fused-ring (bicyclic) bond motifs is 1. The van der Waals surface area contributed by atoms with Gasteiger partial charge in [-0.25, -0.2) is 24.2 Å². The highest BCUT2D eigenvalue weighted by molar-refractivity contribution is 5.61. The van der Waals surface area contributed by atoms with E-state index in [1.54, 1.807) is 0 Å². The summed E-state index contributed by atoms with van der Waals surface area (Å²) in [6, 6.07) is 1.93. The number of nitrogens with two attached hydrogens (primary N) is 1. The summed E-state index contributed by atoms with van der Waals surface area (Å²) in [5, 5.41) is 2.56. The van der Waals surface area contributed by atoms with Crippen molar-refractivity contribution in [2.45, 2.75) is 25.3 Å². The molecule has 0 bridgehead atoms. The van der Waals surface area contributed by atoms with Crippen LogP contribution in [0.2, 0.25) is 0 Å². The Labute approximate surface area is 124 Å². The number of imidazole rings is 1. The van der Waals surface area contributed by atoms with E-state index in [0.29, 0.717) is 23.8 Å². The standard InChI is InChI=1S/C14H16N6O2/c1-18-13(21)17-20(14(18)22)11-4-9(8-2-3-8)6-19-7-10(5-15)16-12(11)19/h4,6-8H,2-3,5,15H2,1H3,(H,17,21). The molecule has 3 heterocycles. The monoisotopic (exact) mass is 300 g/mol. The Hall–Kier alpha value is -2.61. The number of nitrogens with zero attached hydrogens (tertiary/aromatic N) is 4. The first kappa shape index (κ1) is 13.1. The minimum Gasteiger partial charge on any atom is -0.325 e. The van der Waals surface area contributed by atoms with Gasteiger partial charge in [0.2, 0.25) is 0 Å². The third kappa shape index (κ3) is 1.84. The molecule has 3 N–H and O–H groups in total. The SMILES string of the molecule is Cn1c(=O)[nH]n(-c2cc(C3CC3)cn3cc(CN)nc23)c1=O. The molecular formula is C14H16N6O2. The molecule has 1 fully saturated rings. The Morgan fingerprint density at radius 1 is 1.36 bits per heavy atom. The van der Waals surface area contributed by atoms with Crippen molar-refractivity contribution < 1.29 is 0 Å². The zero-order valence-electron chi connectivity index (χ0n) is 12.1. The van der Waals surface area contributed by atoms with Crippen LogP contribution in [0.5, 0.6) is 0 Å². The predicted octanol–water partition coefficient (Wildman–Crippen LogP) is -0.152. The normalized spacial score (nSPS) is 14.8. The van der Waals surface area contributed by atoms with Gasteiger partial charge in [0.05, 0.1) is 5.69 Å². The van der Waals surface area contributed by atoms with Crippen molar-refractivity contribution >= 4 is 5.65 Å². The maximum Gasteiger partial charge on any atom is 0.351 e. The van der Waals surface area contributed by atoms with Crippen LogP contribution in [0.3, 0.4) is 0 Å². The lowest BCUT2D eigenvalue weighted by Gasteiger charge is -2.07. The van der Waals surface area contributed by atoms with E-state index in [-0.39, 0.29) is 0 Å². The highest BCUT2D eigenvalue weighted by Crippen LogP contribution is 2.40. The molecule has 22 heavy (non-hydrogen) atoms. The van der Waals surface area contributed by atoms with Gasteiger partial charge in [0, 0.05) is 26.0 Å². The quantitative estimate of drug-likeness (QED) is 0.702. The molecule has 1 aliphatic carbocycles. The summed E-state index contributed by atoms with van der Waals surface area (Å²) in [5.74, 6) is 0.512. The molecule has 1 aliphatic rings. The van der Waals surface area contributed by atoms with E-state index >= 15 is 0 Å². The summed E-state index contributed by atoms with van der Waals surface area (Å²) < 4.78 is 4.16. The van der Waals surface area contributed by atoms with Crippen molar-refractivity contribution in [3.8, 4) is 5.69 Å². The van der Waals surface area contributed by atoms with Gasteiger partial charge >= 0.3 is 11.4 Å². The first-order chi connectivity index (χ1) is 10.6. The van der Waals surface area contributed by atoms with Crippen LogP contribution in [0.1, 0.15) is 30.0 Å². The molecule has 8 nitrogen and oxygen atoms in total. The lowest BCUT2D eigenvalue weighted by atomic mass is 10.2. The van der Waals surface area contributed by atoms with Gasteiger partial charge in [-0.2, -0.15) is 4.68 Å². The van der Waals surface area contributed by atoms with Crippen LogP contribution in [0.25, 0.3) is 11.3 Å². The van der Waals surface area contributed by atoms with E-state index in [1.807, 2.05) is 22.9 Å². The number of pyridine rings is 1. The second-order valence-corrected chi connectivity index (χ2v) is 5.69. The largest absolute Gasteiger partial charge is 0.351 e. The van der Waals surface area contributed by atoms with Crippen LogP contribution >= 0.6 is 0 Å². The van der Waals surface area contributed by atoms with Crippen LogP contribution in [-0.2, 0) is 13.6 Å². The maximum absolute atomic E-state index is 12.2.